The van der Waals surface area contributed by atoms with Crippen molar-refractivity contribution in [3.8, 4) is 11.5 Å². The molecule has 0 spiro atoms. The molecule has 2 N–H and O–H groups in total. The molecule has 1 amide bonds. The minimum absolute atomic E-state index is 0.311. The van der Waals surface area contributed by atoms with Crippen LogP contribution in [0.2, 0.25) is 0 Å². The van der Waals surface area contributed by atoms with Crippen LogP contribution in [0.5, 0.6) is 11.5 Å². The van der Waals surface area contributed by atoms with Crippen molar-refractivity contribution >= 4 is 5.91 Å². The smallest absolute Gasteiger partial charge is 0.271 e. The van der Waals surface area contributed by atoms with E-state index in [4.69, 9.17) is 15.3 Å². The largest absolute Gasteiger partial charge is 0.497 e. The van der Waals surface area contributed by atoms with Gasteiger partial charge in [-0.1, -0.05) is 0 Å². The van der Waals surface area contributed by atoms with Crippen LogP contribution < -0.4 is 15.3 Å². The number of amides is 1. The predicted octanol–water partition coefficient (Wildman–Crippen LogP) is 0.650. The fourth-order valence-electron chi connectivity index (χ4n) is 1.17. The molecule has 0 heterocycles. The molecule has 5 nitrogen and oxygen atoms in total. The highest BCUT2D eigenvalue weighted by molar-refractivity contribution is 5.96. The van der Waals surface area contributed by atoms with E-state index in [1.807, 2.05) is 0 Å². The lowest BCUT2D eigenvalue weighted by atomic mass is 10.1. The first-order valence-electron chi connectivity index (χ1n) is 4.35. The Morgan fingerprint density at radius 1 is 1.33 bits per heavy atom. The van der Waals surface area contributed by atoms with Gasteiger partial charge in [0.05, 0.1) is 19.8 Å². The van der Waals surface area contributed by atoms with Crippen molar-refractivity contribution in [2.24, 2.45) is 5.84 Å². The van der Waals surface area contributed by atoms with Gasteiger partial charge in [-0.05, 0) is 12.1 Å². The Hall–Kier alpha value is -1.75. The van der Waals surface area contributed by atoms with Crippen molar-refractivity contribution in [2.45, 2.75) is 0 Å². The Balaban J connectivity index is 3.13. The molecule has 0 unspecified atom stereocenters. The molecule has 0 aromatic heterocycles. The minimum atomic E-state index is -0.311. The van der Waals surface area contributed by atoms with Crippen molar-refractivity contribution in [1.29, 1.82) is 0 Å². The Morgan fingerprint density at radius 2 is 2.00 bits per heavy atom. The Kier molecular flexibility index (Phi) is 3.51. The summed E-state index contributed by atoms with van der Waals surface area (Å²) in [6, 6.07) is 4.93. The number of benzene rings is 1. The highest BCUT2D eigenvalue weighted by Crippen LogP contribution is 2.24. The Labute approximate surface area is 88.3 Å². The fourth-order valence-corrected chi connectivity index (χ4v) is 1.17. The lowest BCUT2D eigenvalue weighted by molar-refractivity contribution is 0.0791. The molecule has 0 radical (unpaired) electrons. The summed E-state index contributed by atoms with van der Waals surface area (Å²) in [4.78, 5) is 11.6. The summed E-state index contributed by atoms with van der Waals surface area (Å²) in [6.07, 6.45) is 0. The standard InChI is InChI=1S/C10H14N2O3/c1-12(11)10(13)8-5-4-7(14-2)6-9(8)15-3/h4-6H,11H2,1-3H3. The second-order valence-corrected chi connectivity index (χ2v) is 2.98. The fraction of sp³-hybridized carbons (Fsp3) is 0.300. The third-order valence-corrected chi connectivity index (χ3v) is 1.96. The van der Waals surface area contributed by atoms with Crippen molar-refractivity contribution in [3.63, 3.8) is 0 Å². The molecule has 82 valence electrons. The van der Waals surface area contributed by atoms with Crippen LogP contribution in [0, 0.1) is 0 Å². The number of ether oxygens (including phenoxy) is 2. The van der Waals surface area contributed by atoms with Gasteiger partial charge in [0.2, 0.25) is 0 Å². The summed E-state index contributed by atoms with van der Waals surface area (Å²) >= 11 is 0. The Morgan fingerprint density at radius 3 is 2.47 bits per heavy atom. The van der Waals surface area contributed by atoms with Crippen molar-refractivity contribution in [2.75, 3.05) is 21.3 Å². The quantitative estimate of drug-likeness (QED) is 0.452. The molecule has 0 atom stereocenters. The summed E-state index contributed by atoms with van der Waals surface area (Å²) in [7, 11) is 4.51. The maximum Gasteiger partial charge on any atom is 0.271 e. The number of hydrazine groups is 1. The number of nitrogens with zero attached hydrogens (tertiary/aromatic N) is 1. The number of carbonyl (C=O) groups is 1. The summed E-state index contributed by atoms with van der Waals surface area (Å²) < 4.78 is 10.1. The van der Waals surface area contributed by atoms with E-state index in [2.05, 4.69) is 0 Å². The zero-order chi connectivity index (χ0) is 11.4. The van der Waals surface area contributed by atoms with Gasteiger partial charge in [0.15, 0.2) is 0 Å². The molecule has 0 saturated heterocycles. The van der Waals surface area contributed by atoms with Crippen LogP contribution in [0.25, 0.3) is 0 Å². The SMILES string of the molecule is COc1ccc(C(=O)N(C)N)c(OC)c1. The third-order valence-electron chi connectivity index (χ3n) is 1.96. The van der Waals surface area contributed by atoms with E-state index in [0.717, 1.165) is 5.01 Å². The maximum absolute atomic E-state index is 11.6. The van der Waals surface area contributed by atoms with Crippen LogP contribution >= 0.6 is 0 Å². The highest BCUT2D eigenvalue weighted by Gasteiger charge is 2.14. The normalized spacial score (nSPS) is 9.60. The Bertz CT molecular complexity index is 364. The minimum Gasteiger partial charge on any atom is -0.497 e. The molecule has 1 aromatic rings. The second-order valence-electron chi connectivity index (χ2n) is 2.98. The van der Waals surface area contributed by atoms with E-state index in [1.165, 1.54) is 14.2 Å². The molecule has 1 rings (SSSR count). The number of carbonyl (C=O) groups excluding carboxylic acids is 1. The summed E-state index contributed by atoms with van der Waals surface area (Å²) in [5.41, 5.74) is 0.406. The van der Waals surface area contributed by atoms with E-state index in [1.54, 1.807) is 25.3 Å². The van der Waals surface area contributed by atoms with Crippen LogP contribution in [0.4, 0.5) is 0 Å². The van der Waals surface area contributed by atoms with Crippen molar-refractivity contribution in [1.82, 2.24) is 5.01 Å². The zero-order valence-electron chi connectivity index (χ0n) is 8.98. The van der Waals surface area contributed by atoms with E-state index < -0.39 is 0 Å². The van der Waals surface area contributed by atoms with Gasteiger partial charge in [0, 0.05) is 13.1 Å². The number of hydrogen-bond donors (Lipinski definition) is 1. The molecule has 0 fully saturated rings. The summed E-state index contributed by atoms with van der Waals surface area (Å²) in [5, 5.41) is 1.00. The number of rotatable bonds is 3. The first-order valence-corrected chi connectivity index (χ1v) is 4.35. The molecule has 0 aliphatic rings. The molecule has 0 aliphatic carbocycles. The zero-order valence-corrected chi connectivity index (χ0v) is 8.98. The predicted molar refractivity (Wildman–Crippen MR) is 55.8 cm³/mol. The highest BCUT2D eigenvalue weighted by atomic mass is 16.5. The number of nitrogens with two attached hydrogens (primary N) is 1. The average Bonchev–Trinajstić information content (AvgIpc) is 2.27. The molecule has 1 aromatic carbocycles. The van der Waals surface area contributed by atoms with Gasteiger partial charge in [0.25, 0.3) is 5.91 Å². The van der Waals surface area contributed by atoms with Crippen LogP contribution in [0.15, 0.2) is 18.2 Å². The molecule has 0 aliphatic heterocycles. The molecular formula is C10H14N2O3. The van der Waals surface area contributed by atoms with Gasteiger partial charge in [-0.15, -0.1) is 0 Å². The first kappa shape index (κ1) is 11.3. The molecule has 0 saturated carbocycles. The van der Waals surface area contributed by atoms with Gasteiger partial charge in [-0.2, -0.15) is 0 Å². The lowest BCUT2D eigenvalue weighted by Gasteiger charge is -2.13. The van der Waals surface area contributed by atoms with Gasteiger partial charge >= 0.3 is 0 Å². The van der Waals surface area contributed by atoms with E-state index >= 15 is 0 Å². The summed E-state index contributed by atoms with van der Waals surface area (Å²) in [6.45, 7) is 0. The number of hydrogen-bond acceptors (Lipinski definition) is 4. The van der Waals surface area contributed by atoms with E-state index in [0.29, 0.717) is 17.1 Å². The number of methoxy groups -OCH3 is 2. The topological polar surface area (TPSA) is 64.8 Å². The van der Waals surface area contributed by atoms with Gasteiger partial charge < -0.3 is 9.47 Å². The third kappa shape index (κ3) is 2.38. The average molecular weight is 210 g/mol. The van der Waals surface area contributed by atoms with Crippen LogP contribution in [-0.4, -0.2) is 32.2 Å². The van der Waals surface area contributed by atoms with E-state index in [-0.39, 0.29) is 5.91 Å². The molecular weight excluding hydrogens is 196 g/mol. The van der Waals surface area contributed by atoms with Crippen LogP contribution in [0.3, 0.4) is 0 Å². The van der Waals surface area contributed by atoms with Gasteiger partial charge in [0.1, 0.15) is 11.5 Å². The molecule has 15 heavy (non-hydrogen) atoms. The lowest BCUT2D eigenvalue weighted by Crippen LogP contribution is -2.33. The monoisotopic (exact) mass is 210 g/mol. The second kappa shape index (κ2) is 4.65. The van der Waals surface area contributed by atoms with Gasteiger partial charge in [-0.25, -0.2) is 5.84 Å². The van der Waals surface area contributed by atoms with Crippen LogP contribution in [-0.2, 0) is 0 Å². The van der Waals surface area contributed by atoms with E-state index in [9.17, 15) is 4.79 Å². The first-order chi connectivity index (χ1) is 7.10. The maximum atomic E-state index is 11.6. The van der Waals surface area contributed by atoms with Gasteiger partial charge in [-0.3, -0.25) is 9.80 Å². The van der Waals surface area contributed by atoms with Crippen molar-refractivity contribution in [3.05, 3.63) is 23.8 Å². The molecule has 0 bridgehead atoms. The van der Waals surface area contributed by atoms with Crippen molar-refractivity contribution < 1.29 is 14.3 Å². The van der Waals surface area contributed by atoms with Crippen LogP contribution in [0.1, 0.15) is 10.4 Å². The molecule has 5 heteroatoms. The summed E-state index contributed by atoms with van der Waals surface area (Å²) in [5.74, 6) is 6.12.